The number of amides is 4. The molecule has 9 rings (SSSR count). The van der Waals surface area contributed by atoms with Crippen molar-refractivity contribution in [2.75, 3.05) is 27.4 Å². The predicted octanol–water partition coefficient (Wildman–Crippen LogP) is 6.75. The van der Waals surface area contributed by atoms with Crippen molar-refractivity contribution in [2.45, 2.75) is 88.6 Å². The van der Waals surface area contributed by atoms with E-state index in [0.717, 1.165) is 71.0 Å². The molecule has 0 radical (unpaired) electrons. The van der Waals surface area contributed by atoms with Crippen LogP contribution in [0.25, 0.3) is 34.7 Å². The molecule has 15 nitrogen and oxygen atoms in total. The number of imidazole rings is 2. The summed E-state index contributed by atoms with van der Waals surface area (Å²) < 4.78 is 10.3. The highest BCUT2D eigenvalue weighted by molar-refractivity contribution is 5.88. The summed E-state index contributed by atoms with van der Waals surface area (Å²) in [4.78, 5) is 73.6. The van der Waals surface area contributed by atoms with Crippen molar-refractivity contribution >= 4 is 36.2 Å². The van der Waals surface area contributed by atoms with Gasteiger partial charge in [-0.1, -0.05) is 74.5 Å². The highest BCUT2D eigenvalue weighted by Gasteiger charge is 2.58. The Labute approximate surface area is 354 Å². The van der Waals surface area contributed by atoms with Crippen molar-refractivity contribution in [2.24, 2.45) is 23.7 Å². The van der Waals surface area contributed by atoms with E-state index in [2.05, 4.69) is 76.0 Å². The smallest absolute Gasteiger partial charge is 0.407 e. The minimum Gasteiger partial charge on any atom is -0.465 e. The Morgan fingerprint density at radius 2 is 1.30 bits per heavy atom. The number of carboxylic acid groups (broad SMARTS) is 1. The molecular formula is C46H54N8O7. The lowest BCUT2D eigenvalue weighted by Crippen LogP contribution is -2.54. The van der Waals surface area contributed by atoms with Gasteiger partial charge in [-0.25, -0.2) is 19.6 Å². The maximum absolute atomic E-state index is 14.2. The number of benzene rings is 2. The number of alkyl carbamates (subject to hydrolysis) is 1. The molecule has 3 aliphatic heterocycles. The maximum Gasteiger partial charge on any atom is 0.407 e. The Bertz CT molecular complexity index is 2300. The van der Waals surface area contributed by atoms with Crippen LogP contribution < -0.4 is 5.32 Å². The van der Waals surface area contributed by atoms with E-state index in [1.165, 1.54) is 19.1 Å². The Morgan fingerprint density at radius 3 is 1.75 bits per heavy atom. The number of aromatic amines is 2. The number of likely N-dealkylation sites (tertiary alicyclic amines) is 2. The molecule has 0 unspecified atom stereocenters. The van der Waals surface area contributed by atoms with E-state index in [0.29, 0.717) is 37.9 Å². The van der Waals surface area contributed by atoms with Gasteiger partial charge in [0.05, 0.1) is 43.0 Å². The van der Waals surface area contributed by atoms with Gasteiger partial charge < -0.3 is 39.7 Å². The van der Waals surface area contributed by atoms with Gasteiger partial charge in [0.15, 0.2) is 0 Å². The molecule has 320 valence electrons. The van der Waals surface area contributed by atoms with Gasteiger partial charge in [-0.2, -0.15) is 0 Å². The first-order valence-electron chi connectivity index (χ1n) is 21.5. The molecule has 2 aromatic carbocycles. The Balaban J connectivity index is 0.833. The van der Waals surface area contributed by atoms with Crippen molar-refractivity contribution < 1.29 is 33.8 Å². The highest BCUT2D eigenvalue weighted by Crippen LogP contribution is 2.55. The number of carbonyl (C=O) groups is 4. The summed E-state index contributed by atoms with van der Waals surface area (Å²) >= 11 is 0. The van der Waals surface area contributed by atoms with Crippen LogP contribution in [-0.4, -0.2) is 115 Å². The number of aromatic nitrogens is 4. The number of fused-ring (bicyclic) bond motifs is 2. The van der Waals surface area contributed by atoms with Crippen molar-refractivity contribution in [3.63, 3.8) is 0 Å². The average molecular weight is 831 g/mol. The predicted molar refractivity (Wildman–Crippen MR) is 226 cm³/mol. The lowest BCUT2D eigenvalue weighted by Gasteiger charge is -2.38. The van der Waals surface area contributed by atoms with Gasteiger partial charge >= 0.3 is 12.2 Å². The SMILES string of the molecule is COC(=O)N[C@H](C(=O)N1[C@@H]2C[C@@H]2C[C@H]1c1ncc(-c2ccc(C=Cc3ccc(-c4cnc([C@@H]5C[C@H]6C[C@H]6N5C(=O)[C@H](C5CCOCC5)N(C)C(=O)O)[nH]4)cc3)cc2)[nH]1)C(C)C. The molecule has 2 aliphatic carbocycles. The number of likely N-dealkylation sites (N-methyl/N-ethyl adjacent to an activating group) is 1. The molecule has 0 spiro atoms. The number of rotatable bonds is 12. The second kappa shape index (κ2) is 16.5. The van der Waals surface area contributed by atoms with Crippen molar-refractivity contribution in [3.05, 3.63) is 83.7 Å². The fourth-order valence-corrected chi connectivity index (χ4v) is 9.93. The van der Waals surface area contributed by atoms with E-state index in [1.54, 1.807) is 0 Å². The largest absolute Gasteiger partial charge is 0.465 e. The molecule has 2 aromatic heterocycles. The third kappa shape index (κ3) is 8.03. The lowest BCUT2D eigenvalue weighted by molar-refractivity contribution is -0.141. The molecular weight excluding hydrogens is 777 g/mol. The maximum atomic E-state index is 14.2. The van der Waals surface area contributed by atoms with Crippen LogP contribution >= 0.6 is 0 Å². The standard InChI is InChI=1S/C46H54N8O7/c1-25(2)39(51-45(57)60-4)43(55)53-35-19-31(35)21-37(53)41-47-23-33(49-41)28-11-7-26(8-12-28)5-6-27-9-13-29(14-10-27)34-24-48-42(50-34)38-22-32-20-36(32)54(38)44(56)40(52(3)46(58)59)30-15-17-61-18-16-30/h5-14,23-25,30-32,35-40H,15-22H2,1-4H3,(H,47,49)(H,48,50)(H,51,57)(H,58,59)/t31-,32-,35-,36-,37+,38+,39+,40+/m1/s1. The first-order valence-corrected chi connectivity index (χ1v) is 21.5. The summed E-state index contributed by atoms with van der Waals surface area (Å²) in [6, 6.07) is 14.9. The van der Waals surface area contributed by atoms with Crippen LogP contribution in [0.1, 0.15) is 87.2 Å². The second-order valence-electron chi connectivity index (χ2n) is 17.7. The number of carbonyl (C=O) groups excluding carboxylic acids is 3. The summed E-state index contributed by atoms with van der Waals surface area (Å²) in [5.74, 6) is 1.93. The summed E-state index contributed by atoms with van der Waals surface area (Å²) in [6.07, 6.45) is 10.9. The molecule has 15 heteroatoms. The van der Waals surface area contributed by atoms with Gasteiger partial charge in [-0.15, -0.1) is 0 Å². The minimum absolute atomic E-state index is 0.0840. The zero-order chi connectivity index (χ0) is 42.5. The monoisotopic (exact) mass is 830 g/mol. The van der Waals surface area contributed by atoms with Crippen LogP contribution in [0, 0.1) is 23.7 Å². The fraction of sp³-hybridized carbons (Fsp3) is 0.478. The second-order valence-corrected chi connectivity index (χ2v) is 17.7. The molecule has 4 aromatic rings. The van der Waals surface area contributed by atoms with Crippen molar-refractivity contribution in [1.29, 1.82) is 0 Å². The zero-order valence-electron chi connectivity index (χ0n) is 35.0. The van der Waals surface area contributed by atoms with Crippen LogP contribution in [0.5, 0.6) is 0 Å². The van der Waals surface area contributed by atoms with E-state index in [1.807, 2.05) is 36.0 Å². The van der Waals surface area contributed by atoms with E-state index in [-0.39, 0.29) is 47.8 Å². The van der Waals surface area contributed by atoms with E-state index >= 15 is 0 Å². The fourth-order valence-electron chi connectivity index (χ4n) is 9.93. The third-order valence-corrected chi connectivity index (χ3v) is 13.5. The van der Waals surface area contributed by atoms with Crippen LogP contribution in [-0.2, 0) is 19.1 Å². The van der Waals surface area contributed by atoms with E-state index < -0.39 is 24.3 Å². The van der Waals surface area contributed by atoms with Gasteiger partial charge in [0.25, 0.3) is 0 Å². The molecule has 2 saturated carbocycles. The third-order valence-electron chi connectivity index (χ3n) is 13.5. The average Bonchev–Trinajstić information content (AvgIpc) is 3.85. The van der Waals surface area contributed by atoms with Crippen molar-refractivity contribution in [3.8, 4) is 22.5 Å². The van der Waals surface area contributed by atoms with Crippen LogP contribution in [0.3, 0.4) is 0 Å². The first kappa shape index (κ1) is 40.4. The Kier molecular flexibility index (Phi) is 10.9. The number of methoxy groups -OCH3 is 1. The quantitative estimate of drug-likeness (QED) is 0.112. The van der Waals surface area contributed by atoms with Gasteiger partial charge in [-0.3, -0.25) is 14.5 Å². The molecule has 8 atom stereocenters. The Morgan fingerprint density at radius 1 is 0.803 bits per heavy atom. The summed E-state index contributed by atoms with van der Waals surface area (Å²) in [6.45, 7) is 4.90. The van der Waals surface area contributed by atoms with Crippen LogP contribution in [0.15, 0.2) is 60.9 Å². The molecule has 3 saturated heterocycles. The Hall–Kier alpha value is -5.96. The topological polar surface area (TPSA) is 186 Å². The molecule has 4 amide bonds. The highest BCUT2D eigenvalue weighted by atomic mass is 16.5. The molecule has 61 heavy (non-hydrogen) atoms. The summed E-state index contributed by atoms with van der Waals surface area (Å²) in [7, 11) is 2.80. The molecule has 5 aliphatic rings. The number of hydrogen-bond donors (Lipinski definition) is 4. The summed E-state index contributed by atoms with van der Waals surface area (Å²) in [5.41, 5.74) is 5.78. The number of piperidine rings is 2. The van der Waals surface area contributed by atoms with Gasteiger partial charge in [0, 0.05) is 32.3 Å². The molecule has 5 fully saturated rings. The lowest BCUT2D eigenvalue weighted by atomic mass is 9.89. The number of nitrogens with one attached hydrogen (secondary N) is 3. The number of nitrogens with zero attached hydrogens (tertiary/aromatic N) is 5. The van der Waals surface area contributed by atoms with E-state index in [9.17, 15) is 24.3 Å². The van der Waals surface area contributed by atoms with Gasteiger partial charge in [0.2, 0.25) is 11.8 Å². The van der Waals surface area contributed by atoms with Crippen LogP contribution in [0.2, 0.25) is 0 Å². The number of H-pyrrole nitrogens is 2. The summed E-state index contributed by atoms with van der Waals surface area (Å²) in [5, 5.41) is 12.6. The first-order chi connectivity index (χ1) is 29.5. The number of hydrogen-bond acceptors (Lipinski definition) is 8. The zero-order valence-corrected chi connectivity index (χ0v) is 35.0. The normalized spacial score (nSPS) is 25.3. The minimum atomic E-state index is -1.10. The number of ether oxygens (including phenoxy) is 2. The molecule has 0 bridgehead atoms. The van der Waals surface area contributed by atoms with Crippen LogP contribution in [0.4, 0.5) is 9.59 Å². The van der Waals surface area contributed by atoms with Gasteiger partial charge in [-0.05, 0) is 84.5 Å². The van der Waals surface area contributed by atoms with Gasteiger partial charge in [0.1, 0.15) is 23.7 Å². The van der Waals surface area contributed by atoms with E-state index in [4.69, 9.17) is 19.4 Å². The molecule has 5 heterocycles. The molecule has 4 N–H and O–H groups in total. The van der Waals surface area contributed by atoms with Crippen molar-refractivity contribution in [1.82, 2.24) is 40.0 Å².